The number of aliphatic hydroxyl groups is 2. The molecular formula is C11H10N6O5. The largest absolute Gasteiger partial charge is 0.433 e. The van der Waals surface area contributed by atoms with Crippen LogP contribution in [0.3, 0.4) is 0 Å². The fraction of sp³-hybridized carbons (Fsp3) is 0.182. The maximum atomic E-state index is 10.7. The zero-order chi connectivity index (χ0) is 15.7. The average molecular weight is 306 g/mol. The zero-order valence-corrected chi connectivity index (χ0v) is 11.0. The van der Waals surface area contributed by atoms with Crippen molar-refractivity contribution in [2.75, 3.05) is 18.4 Å². The van der Waals surface area contributed by atoms with Gasteiger partial charge in [0.2, 0.25) is 5.82 Å². The molecule has 11 heteroatoms. The summed E-state index contributed by atoms with van der Waals surface area (Å²) in [4.78, 5) is 11.2. The normalized spacial score (nSPS) is 11.0. The standard InChI is InChI=1S/C11H10N6O5/c18-5-15(6-19)9-3-2-8-12-13-11(16(8)14-9)7-1-4-10(22-7)17(20)21/h1-4,18-19H,5-6H2. The summed E-state index contributed by atoms with van der Waals surface area (Å²) in [5.74, 6) is 0.152. The van der Waals surface area contributed by atoms with E-state index in [4.69, 9.17) is 14.6 Å². The van der Waals surface area contributed by atoms with Crippen LogP contribution in [0.5, 0.6) is 0 Å². The third-order valence-corrected chi connectivity index (χ3v) is 2.91. The Bertz CT molecular complexity index is 823. The van der Waals surface area contributed by atoms with Crippen molar-refractivity contribution in [3.8, 4) is 11.6 Å². The number of hydrogen-bond donors (Lipinski definition) is 2. The quantitative estimate of drug-likeness (QED) is 0.378. The minimum atomic E-state index is -0.662. The van der Waals surface area contributed by atoms with Crippen LogP contribution in [0.4, 0.5) is 11.7 Å². The van der Waals surface area contributed by atoms with Crippen molar-refractivity contribution in [2.45, 2.75) is 0 Å². The Kier molecular flexibility index (Phi) is 3.40. The number of aromatic nitrogens is 4. The van der Waals surface area contributed by atoms with Gasteiger partial charge in [-0.1, -0.05) is 0 Å². The van der Waals surface area contributed by atoms with Gasteiger partial charge in [0.15, 0.2) is 17.2 Å². The van der Waals surface area contributed by atoms with Crippen molar-refractivity contribution >= 4 is 17.3 Å². The fourth-order valence-electron chi connectivity index (χ4n) is 1.84. The molecule has 3 heterocycles. The first kappa shape index (κ1) is 13.9. The van der Waals surface area contributed by atoms with Crippen LogP contribution in [0, 0.1) is 10.1 Å². The van der Waals surface area contributed by atoms with Crippen LogP contribution in [-0.2, 0) is 0 Å². The highest BCUT2D eigenvalue weighted by Gasteiger charge is 2.19. The molecule has 0 aliphatic rings. The molecule has 11 nitrogen and oxygen atoms in total. The van der Waals surface area contributed by atoms with Gasteiger partial charge in [-0.3, -0.25) is 10.1 Å². The average Bonchev–Trinajstić information content (AvgIpc) is 3.14. The van der Waals surface area contributed by atoms with E-state index in [1.54, 1.807) is 12.1 Å². The van der Waals surface area contributed by atoms with Gasteiger partial charge in [-0.15, -0.1) is 15.3 Å². The molecule has 22 heavy (non-hydrogen) atoms. The third kappa shape index (κ3) is 2.23. The molecule has 0 saturated carbocycles. The molecule has 0 atom stereocenters. The van der Waals surface area contributed by atoms with Crippen LogP contribution < -0.4 is 4.90 Å². The molecular weight excluding hydrogens is 296 g/mol. The summed E-state index contributed by atoms with van der Waals surface area (Å²) >= 11 is 0. The van der Waals surface area contributed by atoms with E-state index < -0.39 is 24.3 Å². The molecule has 0 bridgehead atoms. The number of hydrogen-bond acceptors (Lipinski definition) is 9. The maximum absolute atomic E-state index is 10.7. The van der Waals surface area contributed by atoms with Crippen LogP contribution >= 0.6 is 0 Å². The molecule has 3 aromatic heterocycles. The molecule has 3 aromatic rings. The van der Waals surface area contributed by atoms with Gasteiger partial charge in [-0.05, 0) is 18.2 Å². The number of aliphatic hydroxyl groups excluding tert-OH is 2. The van der Waals surface area contributed by atoms with Crippen molar-refractivity contribution in [1.29, 1.82) is 0 Å². The molecule has 0 unspecified atom stereocenters. The summed E-state index contributed by atoms with van der Waals surface area (Å²) in [5, 5.41) is 40.9. The molecule has 0 aliphatic heterocycles. The first-order valence-corrected chi connectivity index (χ1v) is 6.07. The van der Waals surface area contributed by atoms with Crippen molar-refractivity contribution in [3.05, 3.63) is 34.4 Å². The van der Waals surface area contributed by atoms with E-state index in [9.17, 15) is 10.1 Å². The lowest BCUT2D eigenvalue weighted by Crippen LogP contribution is -2.26. The molecule has 0 aromatic carbocycles. The topological polar surface area (TPSA) is 143 Å². The number of rotatable bonds is 5. The molecule has 0 amide bonds. The minimum absolute atomic E-state index is 0.128. The SMILES string of the molecule is O=[N+]([O-])c1ccc(-c2nnc3ccc(N(CO)CO)nn23)o1. The lowest BCUT2D eigenvalue weighted by atomic mass is 10.4. The van der Waals surface area contributed by atoms with E-state index in [-0.39, 0.29) is 17.4 Å². The Morgan fingerprint density at radius 1 is 1.23 bits per heavy atom. The highest BCUT2D eigenvalue weighted by molar-refractivity contribution is 5.55. The number of furan rings is 1. The number of fused-ring (bicyclic) bond motifs is 1. The second-order valence-corrected chi connectivity index (χ2v) is 4.20. The van der Waals surface area contributed by atoms with Crippen LogP contribution in [-0.4, -0.2) is 48.4 Å². The second kappa shape index (κ2) is 5.38. The summed E-state index contributed by atoms with van der Waals surface area (Å²) in [5.41, 5.74) is 0.383. The van der Waals surface area contributed by atoms with Crippen LogP contribution in [0.2, 0.25) is 0 Å². The highest BCUT2D eigenvalue weighted by Crippen LogP contribution is 2.25. The van der Waals surface area contributed by atoms with Crippen LogP contribution in [0.25, 0.3) is 17.2 Å². The van der Waals surface area contributed by atoms with E-state index in [0.717, 1.165) is 0 Å². The van der Waals surface area contributed by atoms with E-state index in [0.29, 0.717) is 5.65 Å². The smallest absolute Gasteiger partial charge is 0.397 e. The van der Waals surface area contributed by atoms with Gasteiger partial charge in [-0.25, -0.2) is 0 Å². The van der Waals surface area contributed by atoms with E-state index in [1.165, 1.54) is 21.5 Å². The van der Waals surface area contributed by atoms with Gasteiger partial charge in [0, 0.05) is 0 Å². The predicted octanol–water partition coefficient (Wildman–Crippen LogP) is -0.00150. The number of nitrogens with zero attached hydrogens (tertiary/aromatic N) is 6. The third-order valence-electron chi connectivity index (χ3n) is 2.91. The molecule has 0 saturated heterocycles. The summed E-state index contributed by atoms with van der Waals surface area (Å²) in [6.45, 7) is -0.864. The second-order valence-electron chi connectivity index (χ2n) is 4.20. The van der Waals surface area contributed by atoms with Crippen molar-refractivity contribution < 1.29 is 19.6 Å². The summed E-state index contributed by atoms with van der Waals surface area (Å²) in [6, 6.07) is 5.71. The lowest BCUT2D eigenvalue weighted by Gasteiger charge is -2.17. The highest BCUT2D eigenvalue weighted by atomic mass is 16.6. The van der Waals surface area contributed by atoms with Crippen molar-refractivity contribution in [1.82, 2.24) is 19.8 Å². The Balaban J connectivity index is 2.09. The first-order valence-electron chi connectivity index (χ1n) is 6.07. The van der Waals surface area contributed by atoms with Gasteiger partial charge >= 0.3 is 5.88 Å². The molecule has 0 radical (unpaired) electrons. The van der Waals surface area contributed by atoms with E-state index >= 15 is 0 Å². The summed E-state index contributed by atoms with van der Waals surface area (Å²) < 4.78 is 6.38. The van der Waals surface area contributed by atoms with E-state index in [2.05, 4.69) is 15.3 Å². The minimum Gasteiger partial charge on any atom is -0.397 e. The Hall–Kier alpha value is -3.05. The fourth-order valence-corrected chi connectivity index (χ4v) is 1.84. The molecule has 3 rings (SSSR count). The zero-order valence-electron chi connectivity index (χ0n) is 11.0. The summed E-state index contributed by atoms with van der Waals surface area (Å²) in [6.07, 6.45) is 0. The van der Waals surface area contributed by atoms with E-state index in [1.807, 2.05) is 0 Å². The first-order chi connectivity index (χ1) is 10.6. The Morgan fingerprint density at radius 2 is 2.00 bits per heavy atom. The predicted molar refractivity (Wildman–Crippen MR) is 71.8 cm³/mol. The number of nitro groups is 1. The van der Waals surface area contributed by atoms with Gasteiger partial charge in [0.25, 0.3) is 0 Å². The Labute approximate surface area is 122 Å². The lowest BCUT2D eigenvalue weighted by molar-refractivity contribution is -0.401. The van der Waals surface area contributed by atoms with Gasteiger partial charge in [0.1, 0.15) is 18.4 Å². The van der Waals surface area contributed by atoms with Gasteiger partial charge in [-0.2, -0.15) is 4.52 Å². The van der Waals surface area contributed by atoms with Crippen molar-refractivity contribution in [2.24, 2.45) is 0 Å². The maximum Gasteiger partial charge on any atom is 0.433 e. The summed E-state index contributed by atoms with van der Waals surface area (Å²) in [7, 11) is 0. The van der Waals surface area contributed by atoms with Gasteiger partial charge < -0.3 is 19.5 Å². The molecule has 114 valence electrons. The van der Waals surface area contributed by atoms with Gasteiger partial charge in [0.05, 0.1) is 6.07 Å². The molecule has 0 fully saturated rings. The Morgan fingerprint density at radius 3 is 2.64 bits per heavy atom. The van der Waals surface area contributed by atoms with Crippen LogP contribution in [0.1, 0.15) is 0 Å². The van der Waals surface area contributed by atoms with Crippen molar-refractivity contribution in [3.63, 3.8) is 0 Å². The molecule has 0 aliphatic carbocycles. The van der Waals surface area contributed by atoms with Crippen LogP contribution in [0.15, 0.2) is 28.7 Å². The monoisotopic (exact) mass is 306 g/mol. The molecule has 2 N–H and O–H groups in total. The molecule has 0 spiro atoms. The number of anilines is 1.